The molecule has 2 atom stereocenters. The fourth-order valence-electron chi connectivity index (χ4n) is 3.59. The number of aromatic nitrogens is 3. The highest BCUT2D eigenvalue weighted by Gasteiger charge is 2.31. The van der Waals surface area contributed by atoms with Crippen molar-refractivity contribution in [2.45, 2.75) is 12.5 Å². The number of hydrogen-bond donors (Lipinski definition) is 1. The molecule has 0 spiro atoms. The summed E-state index contributed by atoms with van der Waals surface area (Å²) in [6.45, 7) is 1.14. The molecule has 1 aromatic carbocycles. The number of pyridine rings is 1. The summed E-state index contributed by atoms with van der Waals surface area (Å²) in [6, 6.07) is 11.7. The van der Waals surface area contributed by atoms with Gasteiger partial charge in [-0.2, -0.15) is 0 Å². The molecule has 30 heavy (non-hydrogen) atoms. The second-order valence-electron chi connectivity index (χ2n) is 6.76. The smallest absolute Gasteiger partial charge is 0.337 e. The van der Waals surface area contributed by atoms with Crippen LogP contribution in [0.3, 0.4) is 0 Å². The van der Waals surface area contributed by atoms with E-state index in [2.05, 4.69) is 26.7 Å². The molecule has 156 valence electrons. The molecule has 8 nitrogen and oxygen atoms in total. The van der Waals surface area contributed by atoms with E-state index in [0.717, 1.165) is 24.4 Å². The Morgan fingerprint density at radius 3 is 2.57 bits per heavy atom. The van der Waals surface area contributed by atoms with Gasteiger partial charge in [0.1, 0.15) is 5.82 Å². The van der Waals surface area contributed by atoms with Crippen molar-refractivity contribution in [3.63, 3.8) is 0 Å². The van der Waals surface area contributed by atoms with Crippen molar-refractivity contribution in [1.82, 2.24) is 14.5 Å². The van der Waals surface area contributed by atoms with Gasteiger partial charge >= 0.3 is 5.97 Å². The van der Waals surface area contributed by atoms with Crippen LogP contribution in [0.15, 0.2) is 61.2 Å². The summed E-state index contributed by atoms with van der Waals surface area (Å²) in [5, 5.41) is 6.89. The van der Waals surface area contributed by atoms with Crippen molar-refractivity contribution >= 4 is 12.4 Å². The Kier molecular flexibility index (Phi) is 7.29. The zero-order valence-electron chi connectivity index (χ0n) is 16.5. The van der Waals surface area contributed by atoms with Gasteiger partial charge in [0.05, 0.1) is 31.9 Å². The van der Waals surface area contributed by atoms with Crippen LogP contribution in [-0.4, -0.2) is 52.4 Å². The van der Waals surface area contributed by atoms with E-state index in [4.69, 9.17) is 19.4 Å². The highest BCUT2D eigenvalue weighted by molar-refractivity contribution is 5.89. The number of carboxylic acid groups (broad SMARTS) is 1. The van der Waals surface area contributed by atoms with E-state index in [0.29, 0.717) is 18.1 Å². The zero-order valence-corrected chi connectivity index (χ0v) is 16.5. The predicted octanol–water partition coefficient (Wildman–Crippen LogP) is 2.86. The fourth-order valence-corrected chi connectivity index (χ4v) is 3.59. The van der Waals surface area contributed by atoms with Crippen molar-refractivity contribution in [2.75, 3.05) is 20.3 Å². The largest absolute Gasteiger partial charge is 0.483 e. The van der Waals surface area contributed by atoms with Crippen LogP contribution in [0, 0.1) is 5.92 Å². The number of imidazole rings is 1. The standard InChI is InChI=1S/C21H21N3O3.CH2O2/c1-26-21(25)17-4-2-16(3-5-17)20-23-10-11-24(20)19-14-27-13-18(19)12-15-6-8-22-9-7-15;2-1-3/h2-11,18-19H,12-14H2,1H3;1H,(H,2,3)/t18-,19-;/m1./s1. The van der Waals surface area contributed by atoms with Gasteiger partial charge in [0.2, 0.25) is 0 Å². The lowest BCUT2D eigenvalue weighted by atomic mass is 9.95. The highest BCUT2D eigenvalue weighted by Crippen LogP contribution is 2.32. The molecule has 0 aliphatic carbocycles. The average Bonchev–Trinajstić information content (AvgIpc) is 3.44. The highest BCUT2D eigenvalue weighted by atomic mass is 16.5. The first-order valence-corrected chi connectivity index (χ1v) is 9.44. The van der Waals surface area contributed by atoms with E-state index in [1.54, 1.807) is 12.1 Å². The van der Waals surface area contributed by atoms with Crippen molar-refractivity contribution in [3.05, 3.63) is 72.3 Å². The van der Waals surface area contributed by atoms with Crippen LogP contribution in [0.2, 0.25) is 0 Å². The van der Waals surface area contributed by atoms with Crippen molar-refractivity contribution in [2.24, 2.45) is 5.92 Å². The summed E-state index contributed by atoms with van der Waals surface area (Å²) >= 11 is 0. The number of carbonyl (C=O) groups excluding carboxylic acids is 1. The molecule has 0 amide bonds. The van der Waals surface area contributed by atoms with Gasteiger partial charge in [-0.3, -0.25) is 9.78 Å². The van der Waals surface area contributed by atoms with Crippen molar-refractivity contribution < 1.29 is 24.2 Å². The van der Waals surface area contributed by atoms with Gasteiger partial charge in [-0.05, 0) is 36.2 Å². The summed E-state index contributed by atoms with van der Waals surface area (Å²) in [5.41, 5.74) is 2.75. The molecule has 1 fully saturated rings. The Balaban J connectivity index is 0.000000806. The number of rotatable bonds is 5. The maximum atomic E-state index is 11.6. The van der Waals surface area contributed by atoms with Gasteiger partial charge in [-0.15, -0.1) is 0 Å². The minimum atomic E-state index is -0.341. The van der Waals surface area contributed by atoms with E-state index < -0.39 is 0 Å². The lowest BCUT2D eigenvalue weighted by molar-refractivity contribution is -0.122. The molecular weight excluding hydrogens is 386 g/mol. The van der Waals surface area contributed by atoms with Gasteiger partial charge in [-0.1, -0.05) is 12.1 Å². The third kappa shape index (κ3) is 4.90. The summed E-state index contributed by atoms with van der Waals surface area (Å²) in [5.74, 6) is 0.905. The van der Waals surface area contributed by atoms with E-state index in [-0.39, 0.29) is 18.5 Å². The molecule has 1 aliphatic rings. The second-order valence-corrected chi connectivity index (χ2v) is 6.76. The number of esters is 1. The Bertz CT molecular complexity index is 956. The van der Waals surface area contributed by atoms with Crippen LogP contribution in [0.1, 0.15) is 22.0 Å². The van der Waals surface area contributed by atoms with E-state index >= 15 is 0 Å². The number of methoxy groups -OCH3 is 1. The molecule has 0 bridgehead atoms. The molecule has 1 aliphatic heterocycles. The quantitative estimate of drug-likeness (QED) is 0.510. The van der Waals surface area contributed by atoms with Crippen LogP contribution < -0.4 is 0 Å². The maximum Gasteiger partial charge on any atom is 0.337 e. The lowest BCUT2D eigenvalue weighted by Crippen LogP contribution is -2.20. The molecule has 0 unspecified atom stereocenters. The average molecular weight is 409 g/mol. The summed E-state index contributed by atoms with van der Waals surface area (Å²) in [7, 11) is 1.38. The molecule has 3 heterocycles. The van der Waals surface area contributed by atoms with Crippen molar-refractivity contribution in [1.29, 1.82) is 0 Å². The Hall–Kier alpha value is -3.52. The van der Waals surface area contributed by atoms with Gasteiger partial charge < -0.3 is 19.1 Å². The SMILES string of the molecule is COC(=O)c1ccc(-c2nccn2[C@@H]2COC[C@H]2Cc2ccncc2)cc1.O=CO. The first kappa shape index (κ1) is 21.2. The van der Waals surface area contributed by atoms with E-state index in [9.17, 15) is 4.79 Å². The van der Waals surface area contributed by atoms with Crippen LogP contribution in [0.4, 0.5) is 0 Å². The summed E-state index contributed by atoms with van der Waals surface area (Å²) in [6.07, 6.45) is 8.40. The predicted molar refractivity (Wildman–Crippen MR) is 109 cm³/mol. The second kappa shape index (κ2) is 10.3. The molecule has 1 saturated heterocycles. The van der Waals surface area contributed by atoms with Crippen molar-refractivity contribution in [3.8, 4) is 11.4 Å². The zero-order chi connectivity index (χ0) is 21.3. The number of nitrogens with zero attached hydrogens (tertiary/aromatic N) is 3. The number of benzene rings is 1. The fraction of sp³-hybridized carbons (Fsp3) is 0.273. The van der Waals surface area contributed by atoms with E-state index in [1.165, 1.54) is 12.7 Å². The number of ether oxygens (including phenoxy) is 2. The third-order valence-corrected chi connectivity index (χ3v) is 5.00. The monoisotopic (exact) mass is 409 g/mol. The number of hydrogen-bond acceptors (Lipinski definition) is 6. The van der Waals surface area contributed by atoms with Gasteiger partial charge in [0.25, 0.3) is 6.47 Å². The Labute approximate surface area is 174 Å². The Morgan fingerprint density at radius 2 is 1.90 bits per heavy atom. The molecule has 3 aromatic rings. The van der Waals surface area contributed by atoms with Gasteiger partial charge in [0.15, 0.2) is 0 Å². The summed E-state index contributed by atoms with van der Waals surface area (Å²) in [4.78, 5) is 28.6. The first-order valence-electron chi connectivity index (χ1n) is 9.44. The van der Waals surface area contributed by atoms with Gasteiger partial charge in [0, 0.05) is 36.3 Å². The molecule has 1 N–H and O–H groups in total. The minimum absolute atomic E-state index is 0.218. The van der Waals surface area contributed by atoms with Crippen LogP contribution >= 0.6 is 0 Å². The minimum Gasteiger partial charge on any atom is -0.483 e. The van der Waals surface area contributed by atoms with E-state index in [1.807, 2.05) is 36.9 Å². The molecule has 0 radical (unpaired) electrons. The maximum absolute atomic E-state index is 11.6. The van der Waals surface area contributed by atoms with Crippen LogP contribution in [-0.2, 0) is 20.7 Å². The summed E-state index contributed by atoms with van der Waals surface area (Å²) < 4.78 is 12.7. The molecule has 2 aromatic heterocycles. The van der Waals surface area contributed by atoms with Gasteiger partial charge in [-0.25, -0.2) is 9.78 Å². The topological polar surface area (TPSA) is 104 Å². The first-order chi connectivity index (χ1) is 14.7. The third-order valence-electron chi connectivity index (χ3n) is 5.00. The van der Waals surface area contributed by atoms with Crippen LogP contribution in [0.25, 0.3) is 11.4 Å². The normalized spacial score (nSPS) is 17.6. The number of carbonyl (C=O) groups is 2. The Morgan fingerprint density at radius 1 is 1.20 bits per heavy atom. The lowest BCUT2D eigenvalue weighted by Gasteiger charge is -2.21. The molecule has 0 saturated carbocycles. The van der Waals surface area contributed by atoms with Crippen LogP contribution in [0.5, 0.6) is 0 Å². The molecule has 4 rings (SSSR count). The molecular formula is C22H23N3O5. The molecule has 8 heteroatoms.